The molecule has 1 aromatic carbocycles. The highest BCUT2D eigenvalue weighted by Gasteiger charge is 2.29. The van der Waals surface area contributed by atoms with E-state index in [1.54, 1.807) is 6.07 Å². The molecule has 17 heavy (non-hydrogen) atoms. The summed E-state index contributed by atoms with van der Waals surface area (Å²) in [6, 6.07) is 5.32. The Morgan fingerprint density at radius 1 is 1.47 bits per heavy atom. The van der Waals surface area contributed by atoms with Crippen LogP contribution < -0.4 is 5.32 Å². The topological polar surface area (TPSA) is 12.0 Å². The number of benzene rings is 1. The maximum Gasteiger partial charge on any atom is 0.142 e. The maximum absolute atomic E-state index is 13.5. The van der Waals surface area contributed by atoms with Gasteiger partial charge in [0.15, 0.2) is 0 Å². The van der Waals surface area contributed by atoms with Crippen LogP contribution in [-0.2, 0) is 0 Å². The van der Waals surface area contributed by atoms with Crippen LogP contribution in [0.25, 0.3) is 0 Å². The summed E-state index contributed by atoms with van der Waals surface area (Å²) in [7, 11) is 0. The van der Waals surface area contributed by atoms with E-state index in [1.807, 2.05) is 6.07 Å². The van der Waals surface area contributed by atoms with Crippen LogP contribution in [0.3, 0.4) is 0 Å². The Kier molecular flexibility index (Phi) is 4.41. The largest absolute Gasteiger partial charge is 0.310 e. The molecule has 0 spiro atoms. The van der Waals surface area contributed by atoms with Gasteiger partial charge in [0.2, 0.25) is 0 Å². The van der Waals surface area contributed by atoms with Crippen molar-refractivity contribution in [2.75, 3.05) is 6.54 Å². The van der Waals surface area contributed by atoms with Crippen LogP contribution in [0, 0.1) is 11.7 Å². The van der Waals surface area contributed by atoms with Crippen molar-refractivity contribution in [1.82, 2.24) is 5.32 Å². The number of rotatable bonds is 5. The first-order valence-electron chi connectivity index (χ1n) is 6.41. The Balaban J connectivity index is 2.21. The Labute approximate surface area is 107 Å². The van der Waals surface area contributed by atoms with Crippen LogP contribution >= 0.6 is 11.6 Å². The number of hydrogen-bond acceptors (Lipinski definition) is 1. The Morgan fingerprint density at radius 3 is 2.82 bits per heavy atom. The first kappa shape index (κ1) is 12.8. The van der Waals surface area contributed by atoms with Gasteiger partial charge in [-0.05, 0) is 43.4 Å². The third kappa shape index (κ3) is 2.80. The summed E-state index contributed by atoms with van der Waals surface area (Å²) in [5.41, 5.74) is 0.921. The van der Waals surface area contributed by atoms with E-state index in [1.165, 1.54) is 25.3 Å². The quantitative estimate of drug-likeness (QED) is 0.826. The lowest BCUT2D eigenvalue weighted by Gasteiger charge is -2.35. The van der Waals surface area contributed by atoms with Gasteiger partial charge < -0.3 is 5.32 Å². The summed E-state index contributed by atoms with van der Waals surface area (Å²) >= 11 is 6.08. The monoisotopic (exact) mass is 255 g/mol. The van der Waals surface area contributed by atoms with Gasteiger partial charge in [-0.3, -0.25) is 0 Å². The molecule has 0 bridgehead atoms. The van der Waals surface area contributed by atoms with Crippen LogP contribution in [-0.4, -0.2) is 6.54 Å². The molecule has 94 valence electrons. The second-order valence-corrected chi connectivity index (χ2v) is 5.14. The highest BCUT2D eigenvalue weighted by Crippen LogP contribution is 2.40. The molecule has 1 aromatic rings. The summed E-state index contributed by atoms with van der Waals surface area (Å²) in [6.07, 6.45) is 4.79. The van der Waals surface area contributed by atoms with E-state index < -0.39 is 0 Å². The van der Waals surface area contributed by atoms with Gasteiger partial charge in [0, 0.05) is 6.04 Å². The highest BCUT2D eigenvalue weighted by atomic mass is 35.5. The molecule has 1 aliphatic carbocycles. The summed E-state index contributed by atoms with van der Waals surface area (Å²) in [4.78, 5) is 0. The van der Waals surface area contributed by atoms with Gasteiger partial charge in [-0.2, -0.15) is 0 Å². The Bertz CT molecular complexity index is 376. The van der Waals surface area contributed by atoms with Crippen molar-refractivity contribution in [3.8, 4) is 0 Å². The van der Waals surface area contributed by atoms with Crippen molar-refractivity contribution in [3.05, 3.63) is 34.6 Å². The average Bonchev–Trinajstić information content (AvgIpc) is 2.26. The average molecular weight is 256 g/mol. The van der Waals surface area contributed by atoms with E-state index in [9.17, 15) is 4.39 Å². The summed E-state index contributed by atoms with van der Waals surface area (Å²) < 4.78 is 13.5. The zero-order chi connectivity index (χ0) is 12.3. The molecule has 0 radical (unpaired) electrons. The SMILES string of the molecule is CCCNC(c1cccc(F)c1Cl)C1CCC1. The standard InChI is InChI=1S/C14H19ClFN/c1-2-9-17-14(10-5-3-6-10)11-7-4-8-12(16)13(11)15/h4,7-8,10,14,17H,2-3,5-6,9H2,1H3. The minimum Gasteiger partial charge on any atom is -0.310 e. The fraction of sp³-hybridized carbons (Fsp3) is 0.571. The lowest BCUT2D eigenvalue weighted by atomic mass is 9.77. The maximum atomic E-state index is 13.5. The normalized spacial score (nSPS) is 17.8. The molecule has 1 saturated carbocycles. The van der Waals surface area contributed by atoms with Crippen molar-refractivity contribution in [2.24, 2.45) is 5.92 Å². The molecule has 2 rings (SSSR count). The number of halogens is 2. The van der Waals surface area contributed by atoms with E-state index in [2.05, 4.69) is 12.2 Å². The van der Waals surface area contributed by atoms with Crippen LogP contribution in [0.2, 0.25) is 5.02 Å². The van der Waals surface area contributed by atoms with Crippen molar-refractivity contribution in [1.29, 1.82) is 0 Å². The van der Waals surface area contributed by atoms with Gasteiger partial charge in [-0.15, -0.1) is 0 Å². The lowest BCUT2D eigenvalue weighted by Crippen LogP contribution is -2.33. The molecule has 1 atom stereocenters. The molecule has 1 aliphatic rings. The van der Waals surface area contributed by atoms with Crippen molar-refractivity contribution in [3.63, 3.8) is 0 Å². The van der Waals surface area contributed by atoms with Crippen molar-refractivity contribution in [2.45, 2.75) is 38.6 Å². The van der Waals surface area contributed by atoms with Crippen molar-refractivity contribution >= 4 is 11.6 Å². The molecule has 1 fully saturated rings. The Morgan fingerprint density at radius 2 is 2.24 bits per heavy atom. The predicted octanol–water partition coefficient (Wildman–Crippen LogP) is 4.32. The highest BCUT2D eigenvalue weighted by molar-refractivity contribution is 6.31. The number of nitrogens with one attached hydrogen (secondary N) is 1. The molecule has 0 saturated heterocycles. The zero-order valence-corrected chi connectivity index (χ0v) is 10.9. The second kappa shape index (κ2) is 5.83. The summed E-state index contributed by atoms with van der Waals surface area (Å²) in [5.74, 6) is 0.299. The first-order chi connectivity index (χ1) is 8.24. The van der Waals surface area contributed by atoms with E-state index in [0.717, 1.165) is 18.5 Å². The van der Waals surface area contributed by atoms with Gasteiger partial charge >= 0.3 is 0 Å². The fourth-order valence-corrected chi connectivity index (χ4v) is 2.61. The predicted molar refractivity (Wildman–Crippen MR) is 69.8 cm³/mol. The smallest absolute Gasteiger partial charge is 0.142 e. The molecule has 0 heterocycles. The van der Waals surface area contributed by atoms with Crippen LogP contribution in [0.4, 0.5) is 4.39 Å². The second-order valence-electron chi connectivity index (χ2n) is 4.77. The summed E-state index contributed by atoms with van der Waals surface area (Å²) in [6.45, 7) is 3.09. The van der Waals surface area contributed by atoms with E-state index >= 15 is 0 Å². The third-order valence-corrected chi connectivity index (χ3v) is 3.95. The minimum atomic E-state index is -0.313. The molecule has 3 heteroatoms. The van der Waals surface area contributed by atoms with Crippen LogP contribution in [0.15, 0.2) is 18.2 Å². The fourth-order valence-electron chi connectivity index (χ4n) is 2.36. The van der Waals surface area contributed by atoms with Crippen LogP contribution in [0.5, 0.6) is 0 Å². The van der Waals surface area contributed by atoms with Crippen LogP contribution in [0.1, 0.15) is 44.2 Å². The van der Waals surface area contributed by atoms with E-state index in [-0.39, 0.29) is 16.9 Å². The van der Waals surface area contributed by atoms with Gasteiger partial charge in [0.25, 0.3) is 0 Å². The van der Waals surface area contributed by atoms with Gasteiger partial charge in [0.1, 0.15) is 5.82 Å². The zero-order valence-electron chi connectivity index (χ0n) is 10.2. The number of hydrogen-bond donors (Lipinski definition) is 1. The molecule has 1 nitrogen and oxygen atoms in total. The Hall–Kier alpha value is -0.600. The molecule has 1 unspecified atom stereocenters. The molecule has 0 aliphatic heterocycles. The molecule has 0 aromatic heterocycles. The molecule has 0 amide bonds. The van der Waals surface area contributed by atoms with Gasteiger partial charge in [-0.1, -0.05) is 37.1 Å². The van der Waals surface area contributed by atoms with Gasteiger partial charge in [-0.25, -0.2) is 4.39 Å². The minimum absolute atomic E-state index is 0.215. The van der Waals surface area contributed by atoms with Crippen molar-refractivity contribution < 1.29 is 4.39 Å². The summed E-state index contributed by atoms with van der Waals surface area (Å²) in [5, 5.41) is 3.79. The molecule has 1 N–H and O–H groups in total. The van der Waals surface area contributed by atoms with E-state index in [0.29, 0.717) is 5.92 Å². The van der Waals surface area contributed by atoms with Gasteiger partial charge in [0.05, 0.1) is 5.02 Å². The third-order valence-electron chi connectivity index (χ3n) is 3.55. The lowest BCUT2D eigenvalue weighted by molar-refractivity contribution is 0.231. The molecular formula is C14H19ClFN. The first-order valence-corrected chi connectivity index (χ1v) is 6.79. The van der Waals surface area contributed by atoms with E-state index in [4.69, 9.17) is 11.6 Å². The molecular weight excluding hydrogens is 237 g/mol.